The van der Waals surface area contributed by atoms with Gasteiger partial charge in [-0.15, -0.1) is 0 Å². The van der Waals surface area contributed by atoms with Crippen molar-refractivity contribution in [2.24, 2.45) is 11.7 Å². The van der Waals surface area contributed by atoms with Crippen LogP contribution >= 0.6 is 0 Å². The molecule has 1 aromatic rings. The van der Waals surface area contributed by atoms with E-state index in [1.165, 1.54) is 31.2 Å². The average molecular weight is 276 g/mol. The van der Waals surface area contributed by atoms with Crippen molar-refractivity contribution in [1.82, 2.24) is 4.90 Å². The SMILES string of the molecule is CCN(Cc1cccc(O)c1)C1(CN)CCC(C)CC1. The van der Waals surface area contributed by atoms with Gasteiger partial charge in [0.05, 0.1) is 0 Å². The van der Waals surface area contributed by atoms with E-state index in [1.54, 1.807) is 6.07 Å². The van der Waals surface area contributed by atoms with Crippen LogP contribution in [0.2, 0.25) is 0 Å². The number of likely N-dealkylation sites (N-methyl/N-ethyl adjacent to an activating group) is 1. The second-order valence-electron chi connectivity index (χ2n) is 6.30. The highest BCUT2D eigenvalue weighted by Crippen LogP contribution is 2.36. The second kappa shape index (κ2) is 6.59. The quantitative estimate of drug-likeness (QED) is 0.868. The molecular weight excluding hydrogens is 248 g/mol. The van der Waals surface area contributed by atoms with Crippen molar-refractivity contribution in [2.45, 2.75) is 51.6 Å². The number of rotatable bonds is 5. The molecule has 1 aliphatic carbocycles. The van der Waals surface area contributed by atoms with E-state index in [0.717, 1.165) is 25.6 Å². The van der Waals surface area contributed by atoms with Crippen molar-refractivity contribution in [3.05, 3.63) is 29.8 Å². The number of phenolic OH excluding ortho intramolecular Hbond substituents is 1. The molecule has 0 unspecified atom stereocenters. The topological polar surface area (TPSA) is 49.5 Å². The molecule has 112 valence electrons. The first-order valence-corrected chi connectivity index (χ1v) is 7.82. The zero-order valence-corrected chi connectivity index (χ0v) is 12.8. The van der Waals surface area contributed by atoms with Crippen molar-refractivity contribution < 1.29 is 5.11 Å². The molecular formula is C17H28N2O. The molecule has 0 saturated heterocycles. The number of hydrogen-bond donors (Lipinski definition) is 2. The number of nitrogens with zero attached hydrogens (tertiary/aromatic N) is 1. The Balaban J connectivity index is 2.13. The molecule has 3 nitrogen and oxygen atoms in total. The van der Waals surface area contributed by atoms with Crippen LogP contribution in [-0.4, -0.2) is 28.6 Å². The fraction of sp³-hybridized carbons (Fsp3) is 0.647. The molecule has 0 heterocycles. The van der Waals surface area contributed by atoms with Crippen LogP contribution in [0.15, 0.2) is 24.3 Å². The lowest BCUT2D eigenvalue weighted by atomic mass is 9.76. The van der Waals surface area contributed by atoms with E-state index in [0.29, 0.717) is 5.75 Å². The molecule has 0 bridgehead atoms. The number of aromatic hydroxyl groups is 1. The van der Waals surface area contributed by atoms with Crippen molar-refractivity contribution in [1.29, 1.82) is 0 Å². The Hall–Kier alpha value is -1.06. The summed E-state index contributed by atoms with van der Waals surface area (Å²) in [5.41, 5.74) is 7.46. The lowest BCUT2D eigenvalue weighted by molar-refractivity contribution is 0.0423. The zero-order valence-electron chi connectivity index (χ0n) is 12.8. The fourth-order valence-electron chi connectivity index (χ4n) is 3.44. The minimum Gasteiger partial charge on any atom is -0.508 e. The summed E-state index contributed by atoms with van der Waals surface area (Å²) in [6.45, 7) is 7.15. The van der Waals surface area contributed by atoms with Crippen LogP contribution in [0.1, 0.15) is 45.1 Å². The van der Waals surface area contributed by atoms with E-state index < -0.39 is 0 Å². The van der Waals surface area contributed by atoms with Gasteiger partial charge in [0, 0.05) is 18.6 Å². The van der Waals surface area contributed by atoms with Gasteiger partial charge in [0.1, 0.15) is 5.75 Å². The summed E-state index contributed by atoms with van der Waals surface area (Å²) in [5.74, 6) is 1.17. The molecule has 0 radical (unpaired) electrons. The van der Waals surface area contributed by atoms with Gasteiger partial charge in [-0.05, 0) is 55.8 Å². The molecule has 0 spiro atoms. The van der Waals surface area contributed by atoms with E-state index >= 15 is 0 Å². The smallest absolute Gasteiger partial charge is 0.115 e. The van der Waals surface area contributed by atoms with Gasteiger partial charge in [-0.25, -0.2) is 0 Å². The summed E-state index contributed by atoms with van der Waals surface area (Å²) in [6, 6.07) is 7.58. The normalized spacial score (nSPS) is 26.9. The van der Waals surface area contributed by atoms with Gasteiger partial charge < -0.3 is 10.8 Å². The molecule has 3 N–H and O–H groups in total. The summed E-state index contributed by atoms with van der Waals surface area (Å²) in [4.78, 5) is 2.51. The third-order valence-corrected chi connectivity index (χ3v) is 4.92. The Morgan fingerprint density at radius 1 is 1.35 bits per heavy atom. The van der Waals surface area contributed by atoms with Crippen molar-refractivity contribution in [3.8, 4) is 5.75 Å². The largest absolute Gasteiger partial charge is 0.508 e. The summed E-state index contributed by atoms with van der Waals surface area (Å²) in [7, 11) is 0. The Bertz CT molecular complexity index is 425. The maximum Gasteiger partial charge on any atom is 0.115 e. The van der Waals surface area contributed by atoms with Crippen LogP contribution in [0.3, 0.4) is 0 Å². The minimum atomic E-state index is 0.146. The molecule has 1 saturated carbocycles. The van der Waals surface area contributed by atoms with E-state index in [1.807, 2.05) is 12.1 Å². The molecule has 0 aromatic heterocycles. The van der Waals surface area contributed by atoms with Gasteiger partial charge in [-0.1, -0.05) is 26.0 Å². The van der Waals surface area contributed by atoms with E-state index in [9.17, 15) is 5.11 Å². The van der Waals surface area contributed by atoms with Gasteiger partial charge in [-0.2, -0.15) is 0 Å². The minimum absolute atomic E-state index is 0.146. The third-order valence-electron chi connectivity index (χ3n) is 4.92. The van der Waals surface area contributed by atoms with E-state index in [4.69, 9.17) is 5.73 Å². The van der Waals surface area contributed by atoms with Crippen LogP contribution in [0.4, 0.5) is 0 Å². The summed E-state index contributed by atoms with van der Waals surface area (Å²) < 4.78 is 0. The highest BCUT2D eigenvalue weighted by atomic mass is 16.3. The van der Waals surface area contributed by atoms with E-state index in [-0.39, 0.29) is 5.54 Å². The molecule has 0 atom stereocenters. The molecule has 20 heavy (non-hydrogen) atoms. The summed E-state index contributed by atoms with van der Waals surface area (Å²) in [5, 5.41) is 9.62. The van der Waals surface area contributed by atoms with Gasteiger partial charge in [0.15, 0.2) is 0 Å². The van der Waals surface area contributed by atoms with Crippen LogP contribution in [-0.2, 0) is 6.54 Å². The first-order chi connectivity index (χ1) is 9.59. The van der Waals surface area contributed by atoms with Crippen LogP contribution in [0.5, 0.6) is 5.75 Å². The third kappa shape index (κ3) is 3.33. The predicted octanol–water partition coefficient (Wildman–Crippen LogP) is 3.12. The van der Waals surface area contributed by atoms with Crippen molar-refractivity contribution >= 4 is 0 Å². The molecule has 0 amide bonds. The molecule has 1 aromatic carbocycles. The Kier molecular flexibility index (Phi) is 5.06. The van der Waals surface area contributed by atoms with Crippen LogP contribution < -0.4 is 5.73 Å². The van der Waals surface area contributed by atoms with E-state index in [2.05, 4.69) is 24.8 Å². The fourth-order valence-corrected chi connectivity index (χ4v) is 3.44. The standard InChI is InChI=1S/C17H28N2O/c1-3-19(12-15-5-4-6-16(20)11-15)17(13-18)9-7-14(2)8-10-17/h4-6,11,14,20H,3,7-10,12-13,18H2,1-2H3. The van der Waals surface area contributed by atoms with Gasteiger partial charge in [-0.3, -0.25) is 4.90 Å². The Morgan fingerprint density at radius 2 is 2.05 bits per heavy atom. The molecule has 0 aliphatic heterocycles. The molecule has 3 heteroatoms. The summed E-state index contributed by atoms with van der Waals surface area (Å²) >= 11 is 0. The number of hydrogen-bond acceptors (Lipinski definition) is 3. The lowest BCUT2D eigenvalue weighted by Crippen LogP contribution is -2.55. The van der Waals surface area contributed by atoms with Gasteiger partial charge >= 0.3 is 0 Å². The summed E-state index contributed by atoms with van der Waals surface area (Å²) in [6.07, 6.45) is 4.93. The maximum absolute atomic E-state index is 9.62. The number of benzene rings is 1. The first kappa shape index (κ1) is 15.3. The van der Waals surface area contributed by atoms with Gasteiger partial charge in [0.25, 0.3) is 0 Å². The highest BCUT2D eigenvalue weighted by Gasteiger charge is 2.37. The lowest BCUT2D eigenvalue weighted by Gasteiger charge is -2.47. The maximum atomic E-state index is 9.62. The van der Waals surface area contributed by atoms with Crippen molar-refractivity contribution in [3.63, 3.8) is 0 Å². The van der Waals surface area contributed by atoms with Crippen LogP contribution in [0, 0.1) is 5.92 Å². The Morgan fingerprint density at radius 3 is 2.60 bits per heavy atom. The first-order valence-electron chi connectivity index (χ1n) is 7.82. The van der Waals surface area contributed by atoms with Crippen molar-refractivity contribution in [2.75, 3.05) is 13.1 Å². The monoisotopic (exact) mass is 276 g/mol. The number of phenols is 1. The predicted molar refractivity (Wildman–Crippen MR) is 83.6 cm³/mol. The second-order valence-corrected chi connectivity index (χ2v) is 6.30. The van der Waals surface area contributed by atoms with Gasteiger partial charge in [0.2, 0.25) is 0 Å². The average Bonchev–Trinajstić information content (AvgIpc) is 2.46. The Labute approximate surface area is 122 Å². The molecule has 1 aliphatic rings. The highest BCUT2D eigenvalue weighted by molar-refractivity contribution is 5.27. The zero-order chi connectivity index (χ0) is 14.6. The number of nitrogens with two attached hydrogens (primary N) is 1. The van der Waals surface area contributed by atoms with Crippen LogP contribution in [0.25, 0.3) is 0 Å². The molecule has 2 rings (SSSR count). The molecule has 1 fully saturated rings.